The van der Waals surface area contributed by atoms with E-state index in [0.717, 1.165) is 11.1 Å². The van der Waals surface area contributed by atoms with Crippen LogP contribution < -0.4 is 0 Å². The predicted molar refractivity (Wildman–Crippen MR) is 74.8 cm³/mol. The smallest absolute Gasteiger partial charge is 0.144 e. The van der Waals surface area contributed by atoms with Gasteiger partial charge in [-0.2, -0.15) is 0 Å². The minimum absolute atomic E-state index is 0.373. The number of hydrogen-bond donors (Lipinski definition) is 0. The van der Waals surface area contributed by atoms with E-state index in [2.05, 4.69) is 16.0 Å². The molecule has 92 valence electrons. The summed E-state index contributed by atoms with van der Waals surface area (Å²) in [7, 11) is 0. The maximum Gasteiger partial charge on any atom is 0.144 e. The Labute approximate surface area is 110 Å². The average Bonchev–Trinajstić information content (AvgIpc) is 2.24. The number of nitrogens with zero attached hydrogens (tertiary/aromatic N) is 2. The summed E-state index contributed by atoms with van der Waals surface area (Å²) in [5.41, 5.74) is 1.57. The Morgan fingerprint density at radius 3 is 2.65 bits per heavy atom. The zero-order valence-corrected chi connectivity index (χ0v) is 11.7. The van der Waals surface area contributed by atoms with Gasteiger partial charge in [-0.25, -0.2) is 4.98 Å². The lowest BCUT2D eigenvalue weighted by Gasteiger charge is -2.17. The quantitative estimate of drug-likeness (QED) is 0.481. The third kappa shape index (κ3) is 4.15. The molecule has 1 aromatic rings. The van der Waals surface area contributed by atoms with Gasteiger partial charge >= 0.3 is 0 Å². The number of aromatic nitrogens is 1. The van der Waals surface area contributed by atoms with E-state index in [1.807, 2.05) is 20.8 Å². The summed E-state index contributed by atoms with van der Waals surface area (Å²) < 4.78 is 15.4. The van der Waals surface area contributed by atoms with Gasteiger partial charge in [-0.05, 0) is 26.8 Å². The van der Waals surface area contributed by atoms with Crippen molar-refractivity contribution in [1.82, 2.24) is 4.98 Å². The van der Waals surface area contributed by atoms with Crippen LogP contribution in [0.25, 0.3) is 6.08 Å². The first-order valence-corrected chi connectivity index (χ1v) is 6.57. The molecule has 0 amide bonds. The fourth-order valence-corrected chi connectivity index (χ4v) is 1.69. The molecule has 0 aliphatic rings. The summed E-state index contributed by atoms with van der Waals surface area (Å²) in [4.78, 5) is 3.94. The van der Waals surface area contributed by atoms with Crippen LogP contribution in [0.15, 0.2) is 23.2 Å². The van der Waals surface area contributed by atoms with Gasteiger partial charge in [0.1, 0.15) is 21.3 Å². The standard InChI is InChI=1S/C12H15ClN2OS/c1-5-9-7-14-11(13)6-10(9)8-15-17(16)12(2,3)4/h5-8H,1H2,2-4H3/b15-8+/t17-/m0/s1. The zero-order valence-electron chi connectivity index (χ0n) is 10.1. The Balaban J connectivity index is 2.98. The predicted octanol–water partition coefficient (Wildman–Crippen LogP) is 3.26. The van der Waals surface area contributed by atoms with E-state index in [1.54, 1.807) is 24.6 Å². The van der Waals surface area contributed by atoms with Gasteiger partial charge in [-0.15, -0.1) is 0 Å². The second kappa shape index (κ2) is 5.67. The molecule has 0 N–H and O–H groups in total. The molecular formula is C12H15ClN2OS. The highest BCUT2D eigenvalue weighted by molar-refractivity contribution is 7.91. The molecule has 5 heteroatoms. The maximum atomic E-state index is 11.8. The van der Waals surface area contributed by atoms with Crippen molar-refractivity contribution in [2.24, 2.45) is 4.40 Å². The topological polar surface area (TPSA) is 48.3 Å². The lowest BCUT2D eigenvalue weighted by atomic mass is 10.1. The molecule has 0 radical (unpaired) electrons. The summed E-state index contributed by atoms with van der Waals surface area (Å²) in [5, 5.41) is 0.374. The van der Waals surface area contributed by atoms with E-state index < -0.39 is 11.4 Å². The Hall–Kier alpha value is -0.840. The Morgan fingerprint density at radius 2 is 2.12 bits per heavy atom. The SMILES string of the molecule is C=Cc1cnc(Cl)cc1/C=N/[S@@+]([O-])C(C)(C)C. The summed E-state index contributed by atoms with van der Waals surface area (Å²) in [5.74, 6) is 0. The van der Waals surface area contributed by atoms with E-state index in [9.17, 15) is 4.55 Å². The van der Waals surface area contributed by atoms with Crippen molar-refractivity contribution in [2.45, 2.75) is 25.5 Å². The summed E-state index contributed by atoms with van der Waals surface area (Å²) in [6.07, 6.45) is 4.81. The van der Waals surface area contributed by atoms with Crippen LogP contribution in [-0.4, -0.2) is 20.5 Å². The van der Waals surface area contributed by atoms with Crippen molar-refractivity contribution >= 4 is 35.3 Å². The molecule has 1 heterocycles. The summed E-state index contributed by atoms with van der Waals surface area (Å²) >= 11 is 4.51. The lowest BCUT2D eigenvalue weighted by Crippen LogP contribution is -2.25. The first-order chi connectivity index (χ1) is 7.84. The van der Waals surface area contributed by atoms with E-state index in [4.69, 9.17) is 11.6 Å². The van der Waals surface area contributed by atoms with Crippen LogP contribution in [0, 0.1) is 0 Å². The van der Waals surface area contributed by atoms with E-state index >= 15 is 0 Å². The van der Waals surface area contributed by atoms with Gasteiger partial charge in [-0.3, -0.25) is 0 Å². The molecule has 1 atom stereocenters. The van der Waals surface area contributed by atoms with Crippen LogP contribution >= 0.6 is 11.6 Å². The Kier molecular flexibility index (Phi) is 4.74. The summed E-state index contributed by atoms with van der Waals surface area (Å²) in [6.45, 7) is 9.28. The monoisotopic (exact) mass is 270 g/mol. The van der Waals surface area contributed by atoms with E-state index in [1.165, 1.54) is 0 Å². The first kappa shape index (κ1) is 14.2. The first-order valence-electron chi connectivity index (χ1n) is 5.08. The van der Waals surface area contributed by atoms with Crippen LogP contribution in [0.2, 0.25) is 5.15 Å². The molecule has 0 bridgehead atoms. The van der Waals surface area contributed by atoms with Gasteiger partial charge in [0.2, 0.25) is 0 Å². The molecular weight excluding hydrogens is 256 g/mol. The van der Waals surface area contributed by atoms with Gasteiger partial charge in [-0.1, -0.05) is 28.7 Å². The number of rotatable bonds is 3. The van der Waals surface area contributed by atoms with Crippen LogP contribution in [0.3, 0.4) is 0 Å². The van der Waals surface area contributed by atoms with Gasteiger partial charge in [0.25, 0.3) is 0 Å². The molecule has 0 saturated heterocycles. The van der Waals surface area contributed by atoms with Crippen molar-refractivity contribution in [1.29, 1.82) is 0 Å². The number of pyridine rings is 1. The molecule has 0 aromatic carbocycles. The molecule has 0 aliphatic carbocycles. The van der Waals surface area contributed by atoms with Crippen LogP contribution in [0.5, 0.6) is 0 Å². The minimum atomic E-state index is -1.28. The fraction of sp³-hybridized carbons (Fsp3) is 0.333. The highest BCUT2D eigenvalue weighted by Gasteiger charge is 2.25. The average molecular weight is 271 g/mol. The number of hydrogen-bond acceptors (Lipinski definition) is 3. The number of halogens is 1. The maximum absolute atomic E-state index is 11.8. The van der Waals surface area contributed by atoms with Gasteiger partial charge in [0.05, 0.1) is 6.21 Å². The van der Waals surface area contributed by atoms with Crippen molar-refractivity contribution in [2.75, 3.05) is 0 Å². The van der Waals surface area contributed by atoms with Crippen LogP contribution in [-0.2, 0) is 11.4 Å². The van der Waals surface area contributed by atoms with Crippen molar-refractivity contribution in [3.63, 3.8) is 0 Å². The van der Waals surface area contributed by atoms with Gasteiger partial charge < -0.3 is 4.55 Å². The third-order valence-electron chi connectivity index (χ3n) is 1.97. The molecule has 0 saturated carbocycles. The van der Waals surface area contributed by atoms with E-state index in [-0.39, 0.29) is 4.75 Å². The lowest BCUT2D eigenvalue weighted by molar-refractivity contribution is 0.562. The summed E-state index contributed by atoms with van der Waals surface area (Å²) in [6, 6.07) is 1.67. The van der Waals surface area contributed by atoms with Crippen LogP contribution in [0.1, 0.15) is 31.9 Å². The normalized spacial score (nSPS) is 13.9. The second-order valence-electron chi connectivity index (χ2n) is 4.44. The molecule has 0 unspecified atom stereocenters. The van der Waals surface area contributed by atoms with Gasteiger partial charge in [0.15, 0.2) is 0 Å². The van der Waals surface area contributed by atoms with E-state index in [0.29, 0.717) is 5.15 Å². The second-order valence-corrected chi connectivity index (χ2v) is 6.76. The van der Waals surface area contributed by atoms with Crippen molar-refractivity contribution in [3.05, 3.63) is 35.1 Å². The van der Waals surface area contributed by atoms with Crippen molar-refractivity contribution in [3.8, 4) is 0 Å². The Morgan fingerprint density at radius 1 is 1.47 bits per heavy atom. The largest absolute Gasteiger partial charge is 0.591 e. The van der Waals surface area contributed by atoms with Crippen molar-refractivity contribution < 1.29 is 4.55 Å². The molecule has 1 rings (SSSR count). The van der Waals surface area contributed by atoms with Gasteiger partial charge in [0, 0.05) is 17.3 Å². The molecule has 0 aliphatic heterocycles. The molecule has 3 nitrogen and oxygen atoms in total. The fourth-order valence-electron chi connectivity index (χ4n) is 1.000. The van der Waals surface area contributed by atoms with Crippen LogP contribution in [0.4, 0.5) is 0 Å². The molecule has 0 fully saturated rings. The third-order valence-corrected chi connectivity index (χ3v) is 3.52. The highest BCUT2D eigenvalue weighted by atomic mass is 35.5. The minimum Gasteiger partial charge on any atom is -0.591 e. The molecule has 0 spiro atoms. The zero-order chi connectivity index (χ0) is 13.1. The highest BCUT2D eigenvalue weighted by Crippen LogP contribution is 2.18. The Bertz CT molecular complexity index is 441. The molecule has 17 heavy (non-hydrogen) atoms. The molecule has 1 aromatic heterocycles.